The first-order valence-corrected chi connectivity index (χ1v) is 7.92. The Balaban J connectivity index is 2.40. The maximum atomic E-state index is 11.9. The third kappa shape index (κ3) is 4.03. The number of nitrogens with one attached hydrogen (secondary N) is 1. The van der Waals surface area contributed by atoms with E-state index >= 15 is 0 Å². The topological polar surface area (TPSA) is 49.4 Å². The molecular weight excluding hydrogens is 224 g/mol. The zero-order valence-corrected chi connectivity index (χ0v) is 11.2. The third-order valence-corrected chi connectivity index (χ3v) is 5.29. The fourth-order valence-electron chi connectivity index (χ4n) is 2.21. The number of piperidine rings is 1. The van der Waals surface area contributed by atoms with Crippen molar-refractivity contribution in [2.75, 3.05) is 25.4 Å². The summed E-state index contributed by atoms with van der Waals surface area (Å²) in [4.78, 5) is 0. The lowest BCUT2D eigenvalue weighted by molar-refractivity contribution is 0.386. The maximum absolute atomic E-state index is 11.9. The minimum absolute atomic E-state index is 0.284. The zero-order chi connectivity index (χ0) is 12.0. The van der Waals surface area contributed by atoms with Crippen molar-refractivity contribution in [1.29, 1.82) is 0 Å². The Bertz CT molecular complexity index is 280. The monoisotopic (exact) mass is 248 g/mol. The van der Waals surface area contributed by atoms with Crippen LogP contribution < -0.4 is 5.32 Å². The van der Waals surface area contributed by atoms with Gasteiger partial charge in [0.15, 0.2) is 0 Å². The molecule has 0 aromatic rings. The van der Waals surface area contributed by atoms with Crippen LogP contribution in [0.5, 0.6) is 0 Å². The van der Waals surface area contributed by atoms with Crippen LogP contribution in [0.2, 0.25) is 0 Å². The van der Waals surface area contributed by atoms with Gasteiger partial charge in [0.1, 0.15) is 0 Å². The van der Waals surface area contributed by atoms with Crippen LogP contribution in [0.15, 0.2) is 0 Å². The summed E-state index contributed by atoms with van der Waals surface area (Å²) in [7, 11) is -3.03. The van der Waals surface area contributed by atoms with Crippen LogP contribution in [0.25, 0.3) is 0 Å². The maximum Gasteiger partial charge on any atom is 0.214 e. The highest BCUT2D eigenvalue weighted by Gasteiger charge is 2.21. The van der Waals surface area contributed by atoms with Gasteiger partial charge in [-0.3, -0.25) is 0 Å². The molecule has 1 unspecified atom stereocenters. The molecule has 0 radical (unpaired) electrons. The first kappa shape index (κ1) is 13.9. The predicted molar refractivity (Wildman–Crippen MR) is 67.0 cm³/mol. The molecule has 1 aliphatic heterocycles. The summed E-state index contributed by atoms with van der Waals surface area (Å²) in [6.45, 7) is 5.98. The molecule has 96 valence electrons. The van der Waals surface area contributed by atoms with Crippen molar-refractivity contribution in [3.8, 4) is 0 Å². The van der Waals surface area contributed by atoms with Gasteiger partial charge in [0.25, 0.3) is 0 Å². The van der Waals surface area contributed by atoms with E-state index in [1.165, 1.54) is 12.8 Å². The fraction of sp³-hybridized carbons (Fsp3) is 1.00. The molecule has 5 heteroatoms. The lowest BCUT2D eigenvalue weighted by atomic mass is 10.0. The first-order valence-electron chi connectivity index (χ1n) is 6.31. The van der Waals surface area contributed by atoms with Crippen LogP contribution >= 0.6 is 0 Å². The van der Waals surface area contributed by atoms with Gasteiger partial charge < -0.3 is 5.32 Å². The Morgan fingerprint density at radius 3 is 2.44 bits per heavy atom. The van der Waals surface area contributed by atoms with Gasteiger partial charge in [-0.15, -0.1) is 0 Å². The van der Waals surface area contributed by atoms with E-state index in [0.717, 1.165) is 19.4 Å². The molecule has 1 rings (SSSR count). The van der Waals surface area contributed by atoms with Crippen molar-refractivity contribution in [1.82, 2.24) is 9.62 Å². The minimum Gasteiger partial charge on any atom is -0.314 e. The number of nitrogens with zero attached hydrogens (tertiary/aromatic N) is 1. The van der Waals surface area contributed by atoms with Gasteiger partial charge in [-0.25, -0.2) is 12.7 Å². The summed E-state index contributed by atoms with van der Waals surface area (Å²) in [5, 5.41) is 3.38. The highest BCUT2D eigenvalue weighted by Crippen LogP contribution is 2.12. The summed E-state index contributed by atoms with van der Waals surface area (Å²) in [5.41, 5.74) is 0. The number of hydrogen-bond acceptors (Lipinski definition) is 3. The zero-order valence-electron chi connectivity index (χ0n) is 10.4. The van der Waals surface area contributed by atoms with Crippen LogP contribution in [0.1, 0.15) is 39.5 Å². The summed E-state index contributed by atoms with van der Waals surface area (Å²) in [5.74, 6) is 0.284. The van der Waals surface area contributed by atoms with E-state index in [9.17, 15) is 8.42 Å². The number of hydrogen-bond donors (Lipinski definition) is 1. The van der Waals surface area contributed by atoms with Gasteiger partial charge >= 0.3 is 0 Å². The summed E-state index contributed by atoms with van der Waals surface area (Å²) >= 11 is 0. The van der Waals surface area contributed by atoms with Gasteiger partial charge in [-0.1, -0.05) is 20.3 Å². The summed E-state index contributed by atoms with van der Waals surface area (Å²) in [6.07, 6.45) is 4.31. The van der Waals surface area contributed by atoms with Gasteiger partial charge in [0.05, 0.1) is 5.75 Å². The molecule has 0 amide bonds. The Kier molecular flexibility index (Phi) is 5.72. The lowest BCUT2D eigenvalue weighted by Crippen LogP contribution is -2.38. The molecule has 0 aromatic heterocycles. The van der Waals surface area contributed by atoms with Crippen LogP contribution in [-0.2, 0) is 10.0 Å². The average Bonchev–Trinajstić information content (AvgIpc) is 2.29. The first-order chi connectivity index (χ1) is 7.60. The second-order valence-corrected chi connectivity index (χ2v) is 6.42. The molecule has 1 N–H and O–H groups in total. The Morgan fingerprint density at radius 1 is 1.25 bits per heavy atom. The molecule has 16 heavy (non-hydrogen) atoms. The molecule has 4 nitrogen and oxygen atoms in total. The quantitative estimate of drug-likeness (QED) is 0.768. The van der Waals surface area contributed by atoms with Gasteiger partial charge in [-0.05, 0) is 25.8 Å². The van der Waals surface area contributed by atoms with Crippen molar-refractivity contribution in [2.24, 2.45) is 0 Å². The third-order valence-electron chi connectivity index (χ3n) is 3.24. The van der Waals surface area contributed by atoms with Crippen molar-refractivity contribution in [3.05, 3.63) is 0 Å². The van der Waals surface area contributed by atoms with Gasteiger partial charge in [0.2, 0.25) is 10.0 Å². The summed E-state index contributed by atoms with van der Waals surface area (Å²) in [6, 6.07) is 0.402. The minimum atomic E-state index is -3.03. The van der Waals surface area contributed by atoms with Crippen molar-refractivity contribution < 1.29 is 8.42 Å². The lowest BCUT2D eigenvalue weighted by Gasteiger charge is -2.25. The predicted octanol–water partition coefficient (Wildman–Crippen LogP) is 1.19. The molecule has 0 spiro atoms. The van der Waals surface area contributed by atoms with Crippen molar-refractivity contribution >= 4 is 10.0 Å². The second-order valence-electron chi connectivity index (χ2n) is 4.34. The van der Waals surface area contributed by atoms with Crippen LogP contribution in [0.3, 0.4) is 0 Å². The fourth-order valence-corrected chi connectivity index (χ4v) is 3.84. The molecule has 0 bridgehead atoms. The van der Waals surface area contributed by atoms with E-state index in [-0.39, 0.29) is 5.75 Å². The van der Waals surface area contributed by atoms with E-state index in [0.29, 0.717) is 19.1 Å². The van der Waals surface area contributed by atoms with Gasteiger partial charge in [0, 0.05) is 19.1 Å². The molecular formula is C11H24N2O2S. The van der Waals surface area contributed by atoms with Crippen molar-refractivity contribution in [2.45, 2.75) is 45.6 Å². The molecule has 0 aromatic carbocycles. The normalized spacial score (nSPS) is 22.6. The smallest absolute Gasteiger partial charge is 0.214 e. The molecule has 1 saturated heterocycles. The number of sulfonamides is 1. The molecule has 1 heterocycles. The molecule has 1 aliphatic rings. The van der Waals surface area contributed by atoms with Crippen LogP contribution in [-0.4, -0.2) is 44.2 Å². The largest absolute Gasteiger partial charge is 0.314 e. The van der Waals surface area contributed by atoms with E-state index < -0.39 is 10.0 Å². The van der Waals surface area contributed by atoms with E-state index in [1.807, 2.05) is 13.8 Å². The van der Waals surface area contributed by atoms with Crippen molar-refractivity contribution in [3.63, 3.8) is 0 Å². The van der Waals surface area contributed by atoms with E-state index in [1.54, 1.807) is 4.31 Å². The Hall–Kier alpha value is -0.130. The molecule has 1 atom stereocenters. The Morgan fingerprint density at radius 2 is 1.94 bits per heavy atom. The van der Waals surface area contributed by atoms with Crippen LogP contribution in [0, 0.1) is 0 Å². The SMILES string of the molecule is CCN(CC)S(=O)(=O)CCC1CCCCN1. The molecule has 1 fully saturated rings. The number of rotatable bonds is 6. The standard InChI is InChI=1S/C11H24N2O2S/c1-3-13(4-2)16(14,15)10-8-11-7-5-6-9-12-11/h11-12H,3-10H2,1-2H3. The average molecular weight is 248 g/mol. The second kappa shape index (κ2) is 6.57. The summed E-state index contributed by atoms with van der Waals surface area (Å²) < 4.78 is 25.4. The molecule has 0 saturated carbocycles. The highest BCUT2D eigenvalue weighted by atomic mass is 32.2. The highest BCUT2D eigenvalue weighted by molar-refractivity contribution is 7.89. The Labute approximate surface area is 99.5 Å². The van der Waals surface area contributed by atoms with E-state index in [4.69, 9.17) is 0 Å². The van der Waals surface area contributed by atoms with Gasteiger partial charge in [-0.2, -0.15) is 0 Å². The van der Waals surface area contributed by atoms with Crippen LogP contribution in [0.4, 0.5) is 0 Å². The molecule has 0 aliphatic carbocycles. The van der Waals surface area contributed by atoms with E-state index in [2.05, 4.69) is 5.32 Å².